The number of β-amino-alcohol motifs (C(OH)–C–C–N with tert-alkyl or cyclic N) is 1. The third-order valence-electron chi connectivity index (χ3n) is 3.22. The number of sulfonamides is 1. The fourth-order valence-corrected chi connectivity index (χ4v) is 3.74. The molecule has 0 aromatic heterocycles. The van der Waals surface area contributed by atoms with Crippen LogP contribution in [0.3, 0.4) is 0 Å². The predicted molar refractivity (Wildman–Crippen MR) is 72.6 cm³/mol. The number of rotatable bonds is 4. The summed E-state index contributed by atoms with van der Waals surface area (Å²) in [5, 5.41) is 9.41. The Morgan fingerprint density at radius 1 is 1.50 bits per heavy atom. The molecule has 6 nitrogen and oxygen atoms in total. The van der Waals surface area contributed by atoms with E-state index in [9.17, 15) is 18.3 Å². The fourth-order valence-electron chi connectivity index (χ4n) is 2.17. The van der Waals surface area contributed by atoms with Gasteiger partial charge >= 0.3 is 5.97 Å². The Morgan fingerprint density at radius 2 is 2.25 bits per heavy atom. The van der Waals surface area contributed by atoms with E-state index in [0.717, 1.165) is 0 Å². The Morgan fingerprint density at radius 3 is 2.85 bits per heavy atom. The van der Waals surface area contributed by atoms with Crippen molar-refractivity contribution < 1.29 is 23.1 Å². The van der Waals surface area contributed by atoms with Crippen molar-refractivity contribution in [3.8, 4) is 0 Å². The molecular weight excluding hydrogens is 282 g/mol. The minimum absolute atomic E-state index is 0.138. The first-order chi connectivity index (χ1) is 9.42. The standard InChI is InChI=1S/C13H17NO5S/c1-19-13(16)11-4-2-3-10(7-11)9-20(17,18)14-6-5-12(15)8-14/h2-4,7,12,15H,5-6,8-9H2,1H3/t12-/m0/s1. The highest BCUT2D eigenvalue weighted by atomic mass is 32.2. The first-order valence-corrected chi connectivity index (χ1v) is 7.86. The van der Waals surface area contributed by atoms with Gasteiger partial charge in [-0.3, -0.25) is 0 Å². The van der Waals surface area contributed by atoms with Crippen molar-refractivity contribution in [1.82, 2.24) is 4.31 Å². The van der Waals surface area contributed by atoms with E-state index in [1.165, 1.54) is 17.5 Å². The van der Waals surface area contributed by atoms with E-state index in [0.29, 0.717) is 24.1 Å². The average molecular weight is 299 g/mol. The largest absolute Gasteiger partial charge is 0.465 e. The van der Waals surface area contributed by atoms with Gasteiger partial charge in [0.1, 0.15) is 0 Å². The molecule has 1 fully saturated rings. The van der Waals surface area contributed by atoms with Crippen molar-refractivity contribution in [2.45, 2.75) is 18.3 Å². The lowest BCUT2D eigenvalue weighted by molar-refractivity contribution is 0.0600. The van der Waals surface area contributed by atoms with Gasteiger partial charge in [-0.2, -0.15) is 4.31 Å². The molecule has 0 spiro atoms. The van der Waals surface area contributed by atoms with Crippen LogP contribution in [0, 0.1) is 0 Å². The lowest BCUT2D eigenvalue weighted by Gasteiger charge is -2.15. The van der Waals surface area contributed by atoms with Gasteiger partial charge in [0.25, 0.3) is 0 Å². The normalized spacial score (nSPS) is 20.0. The molecule has 0 amide bonds. The van der Waals surface area contributed by atoms with Crippen molar-refractivity contribution in [3.63, 3.8) is 0 Å². The van der Waals surface area contributed by atoms with E-state index in [4.69, 9.17) is 0 Å². The van der Waals surface area contributed by atoms with Crippen molar-refractivity contribution >= 4 is 16.0 Å². The summed E-state index contributed by atoms with van der Waals surface area (Å²) < 4.78 is 30.3. The second-order valence-electron chi connectivity index (χ2n) is 4.75. The highest BCUT2D eigenvalue weighted by Gasteiger charge is 2.30. The summed E-state index contributed by atoms with van der Waals surface area (Å²) >= 11 is 0. The van der Waals surface area contributed by atoms with Crippen LogP contribution in [0.1, 0.15) is 22.3 Å². The number of ether oxygens (including phenoxy) is 1. The first kappa shape index (κ1) is 15.0. The van der Waals surface area contributed by atoms with Gasteiger partial charge in [0.15, 0.2) is 0 Å². The van der Waals surface area contributed by atoms with Crippen LogP contribution in [-0.2, 0) is 20.5 Å². The maximum atomic E-state index is 12.2. The van der Waals surface area contributed by atoms with E-state index in [1.54, 1.807) is 18.2 Å². The third-order valence-corrected chi connectivity index (χ3v) is 5.03. The maximum absolute atomic E-state index is 12.2. The number of aliphatic hydroxyl groups excluding tert-OH is 1. The summed E-state index contributed by atoms with van der Waals surface area (Å²) in [6.07, 6.45) is -0.132. The number of esters is 1. The molecular formula is C13H17NO5S. The van der Waals surface area contributed by atoms with Crippen LogP contribution in [-0.4, -0.2) is 50.1 Å². The highest BCUT2D eigenvalue weighted by Crippen LogP contribution is 2.18. The van der Waals surface area contributed by atoms with Gasteiger partial charge in [0.2, 0.25) is 10.0 Å². The summed E-state index contributed by atoms with van der Waals surface area (Å²) in [7, 11) is -2.20. The zero-order chi connectivity index (χ0) is 14.8. The molecule has 0 unspecified atom stereocenters. The van der Waals surface area contributed by atoms with Crippen LogP contribution < -0.4 is 0 Å². The second-order valence-corrected chi connectivity index (χ2v) is 6.72. The Bertz CT molecular complexity index is 599. The number of benzene rings is 1. The van der Waals surface area contributed by atoms with Gasteiger partial charge < -0.3 is 9.84 Å². The summed E-state index contributed by atoms with van der Waals surface area (Å²) in [4.78, 5) is 11.4. The second kappa shape index (κ2) is 5.90. The summed E-state index contributed by atoms with van der Waals surface area (Å²) in [6, 6.07) is 6.35. The van der Waals surface area contributed by atoms with Crippen LogP contribution in [0.5, 0.6) is 0 Å². The average Bonchev–Trinajstić information content (AvgIpc) is 2.85. The van der Waals surface area contributed by atoms with E-state index in [1.807, 2.05) is 0 Å². The zero-order valence-electron chi connectivity index (χ0n) is 11.2. The van der Waals surface area contributed by atoms with Crippen molar-refractivity contribution in [1.29, 1.82) is 0 Å². The molecule has 1 aliphatic rings. The van der Waals surface area contributed by atoms with E-state index >= 15 is 0 Å². The molecule has 1 aromatic rings. The van der Waals surface area contributed by atoms with E-state index in [2.05, 4.69) is 4.74 Å². The van der Waals surface area contributed by atoms with Gasteiger partial charge in [0.05, 0.1) is 24.5 Å². The van der Waals surface area contributed by atoms with Gasteiger partial charge in [-0.25, -0.2) is 13.2 Å². The quantitative estimate of drug-likeness (QED) is 0.812. The number of aliphatic hydroxyl groups is 1. The smallest absolute Gasteiger partial charge is 0.337 e. The summed E-state index contributed by atoms with van der Waals surface area (Å²) in [6.45, 7) is 0.471. The number of hydrogen-bond acceptors (Lipinski definition) is 5. The Kier molecular flexibility index (Phi) is 4.42. The maximum Gasteiger partial charge on any atom is 0.337 e. The van der Waals surface area contributed by atoms with Crippen LogP contribution in [0.25, 0.3) is 0 Å². The highest BCUT2D eigenvalue weighted by molar-refractivity contribution is 7.88. The Hall–Kier alpha value is -1.44. The topological polar surface area (TPSA) is 83.9 Å². The van der Waals surface area contributed by atoms with Crippen molar-refractivity contribution in [2.75, 3.05) is 20.2 Å². The number of hydrogen-bond donors (Lipinski definition) is 1. The minimum atomic E-state index is -3.47. The summed E-state index contributed by atoms with van der Waals surface area (Å²) in [5.41, 5.74) is 0.843. The minimum Gasteiger partial charge on any atom is -0.465 e. The van der Waals surface area contributed by atoms with Gasteiger partial charge in [-0.15, -0.1) is 0 Å². The monoisotopic (exact) mass is 299 g/mol. The first-order valence-electron chi connectivity index (χ1n) is 6.25. The van der Waals surface area contributed by atoms with Gasteiger partial charge in [-0.1, -0.05) is 12.1 Å². The molecule has 0 aliphatic carbocycles. The zero-order valence-corrected chi connectivity index (χ0v) is 12.0. The number of methoxy groups -OCH3 is 1. The van der Waals surface area contributed by atoms with Crippen LogP contribution in [0.15, 0.2) is 24.3 Å². The molecule has 1 aromatic carbocycles. The number of carbonyl (C=O) groups is 1. The molecule has 1 heterocycles. The van der Waals surface area contributed by atoms with Crippen LogP contribution in [0.2, 0.25) is 0 Å². The Balaban J connectivity index is 2.15. The van der Waals surface area contributed by atoms with E-state index < -0.39 is 22.1 Å². The molecule has 1 aliphatic heterocycles. The molecule has 0 saturated carbocycles. The van der Waals surface area contributed by atoms with Crippen LogP contribution >= 0.6 is 0 Å². The number of carbonyl (C=O) groups excluding carboxylic acids is 1. The van der Waals surface area contributed by atoms with Gasteiger partial charge in [-0.05, 0) is 24.1 Å². The molecule has 20 heavy (non-hydrogen) atoms. The lowest BCUT2D eigenvalue weighted by Crippen LogP contribution is -2.30. The van der Waals surface area contributed by atoms with Crippen molar-refractivity contribution in [2.24, 2.45) is 0 Å². The molecule has 110 valence electrons. The molecule has 0 bridgehead atoms. The molecule has 1 N–H and O–H groups in total. The summed E-state index contributed by atoms with van der Waals surface area (Å²) in [5.74, 6) is -0.689. The fraction of sp³-hybridized carbons (Fsp3) is 0.462. The Labute approximate surface area is 118 Å². The third kappa shape index (κ3) is 3.36. The van der Waals surface area contributed by atoms with Gasteiger partial charge in [0, 0.05) is 13.1 Å². The molecule has 1 saturated heterocycles. The molecule has 0 radical (unpaired) electrons. The van der Waals surface area contributed by atoms with Crippen molar-refractivity contribution in [3.05, 3.63) is 35.4 Å². The van der Waals surface area contributed by atoms with E-state index in [-0.39, 0.29) is 12.3 Å². The predicted octanol–water partition coefficient (Wildman–Crippen LogP) is 0.370. The van der Waals surface area contributed by atoms with Crippen LogP contribution in [0.4, 0.5) is 0 Å². The molecule has 2 rings (SSSR count). The SMILES string of the molecule is COC(=O)c1cccc(CS(=O)(=O)N2CC[C@H](O)C2)c1. The lowest BCUT2D eigenvalue weighted by atomic mass is 10.1. The number of nitrogens with zero attached hydrogens (tertiary/aromatic N) is 1. The molecule has 7 heteroatoms. The molecule has 1 atom stereocenters.